The van der Waals surface area contributed by atoms with Crippen LogP contribution in [-0.4, -0.2) is 17.1 Å². The SMILES string of the molecule is O=C([O-])N(c1c(Cl)cc(Cl)c(Cl)c1[N+](=O)[O-])C1CCCCC1. The van der Waals surface area contributed by atoms with Gasteiger partial charge in [-0.3, -0.25) is 10.1 Å². The van der Waals surface area contributed by atoms with Crippen molar-refractivity contribution < 1.29 is 14.8 Å². The number of nitro groups is 1. The number of halogens is 3. The van der Waals surface area contributed by atoms with Crippen molar-refractivity contribution in [3.05, 3.63) is 31.2 Å². The number of hydrogen-bond acceptors (Lipinski definition) is 4. The van der Waals surface area contributed by atoms with E-state index in [1.54, 1.807) is 0 Å². The molecular formula is C13H12Cl3N2O4-. The predicted octanol–water partition coefficient (Wildman–Crippen LogP) is 4.04. The van der Waals surface area contributed by atoms with Crippen molar-refractivity contribution in [2.45, 2.75) is 38.1 Å². The van der Waals surface area contributed by atoms with E-state index in [0.29, 0.717) is 12.8 Å². The number of hydrogen-bond donors (Lipinski definition) is 0. The van der Waals surface area contributed by atoms with E-state index in [2.05, 4.69) is 0 Å². The molecule has 6 nitrogen and oxygen atoms in total. The van der Waals surface area contributed by atoms with Gasteiger partial charge in [-0.15, -0.1) is 0 Å². The molecule has 0 atom stereocenters. The van der Waals surface area contributed by atoms with Crippen LogP contribution in [0.15, 0.2) is 6.07 Å². The van der Waals surface area contributed by atoms with E-state index in [1.165, 1.54) is 6.07 Å². The maximum absolute atomic E-state index is 11.6. The normalized spacial score (nSPS) is 15.6. The van der Waals surface area contributed by atoms with Crippen molar-refractivity contribution in [2.75, 3.05) is 4.90 Å². The van der Waals surface area contributed by atoms with Gasteiger partial charge in [0.15, 0.2) is 0 Å². The molecular weight excluding hydrogens is 355 g/mol. The summed E-state index contributed by atoms with van der Waals surface area (Å²) in [5.74, 6) is 0. The van der Waals surface area contributed by atoms with Gasteiger partial charge in [0.2, 0.25) is 0 Å². The summed E-state index contributed by atoms with van der Waals surface area (Å²) in [5.41, 5.74) is -0.887. The number of nitro benzene ring substituents is 1. The standard InChI is InChI=1S/C13H13Cl3N2O4/c14-8-6-9(15)11(12(10(8)16)18(21)22)17(13(19)20)7-4-2-1-3-5-7/h6-7H,1-5H2,(H,19,20)/p-1. The number of carbonyl (C=O) groups is 1. The molecule has 2 rings (SSSR count). The van der Waals surface area contributed by atoms with Crippen molar-refractivity contribution in [3.63, 3.8) is 0 Å². The van der Waals surface area contributed by atoms with Crippen LogP contribution in [0, 0.1) is 10.1 Å². The number of carbonyl (C=O) groups excluding carboxylic acids is 1. The zero-order chi connectivity index (χ0) is 16.4. The van der Waals surface area contributed by atoms with Crippen molar-refractivity contribution in [1.29, 1.82) is 0 Å². The Morgan fingerprint density at radius 1 is 1.18 bits per heavy atom. The number of anilines is 1. The summed E-state index contributed by atoms with van der Waals surface area (Å²) in [6.45, 7) is 0. The smallest absolute Gasteiger partial charge is 0.314 e. The molecule has 0 aliphatic heterocycles. The highest BCUT2D eigenvalue weighted by molar-refractivity contribution is 6.46. The number of nitrogens with zero attached hydrogens (tertiary/aromatic N) is 2. The fourth-order valence-corrected chi connectivity index (χ4v) is 3.49. The molecule has 0 saturated heterocycles. The predicted molar refractivity (Wildman–Crippen MR) is 82.9 cm³/mol. The molecule has 0 radical (unpaired) electrons. The Labute approximate surface area is 141 Å². The molecule has 1 aromatic carbocycles. The molecule has 22 heavy (non-hydrogen) atoms. The van der Waals surface area contributed by atoms with Gasteiger partial charge in [0, 0.05) is 6.04 Å². The first-order valence-electron chi connectivity index (χ1n) is 6.66. The van der Waals surface area contributed by atoms with Crippen LogP contribution in [-0.2, 0) is 0 Å². The third-order valence-corrected chi connectivity index (χ3v) is 4.75. The lowest BCUT2D eigenvalue weighted by atomic mass is 9.94. The number of rotatable bonds is 3. The Morgan fingerprint density at radius 2 is 1.77 bits per heavy atom. The summed E-state index contributed by atoms with van der Waals surface area (Å²) in [6.07, 6.45) is 2.29. The first-order chi connectivity index (χ1) is 10.3. The van der Waals surface area contributed by atoms with E-state index in [1.807, 2.05) is 0 Å². The van der Waals surface area contributed by atoms with Gasteiger partial charge in [-0.1, -0.05) is 54.1 Å². The quantitative estimate of drug-likeness (QED) is 0.459. The van der Waals surface area contributed by atoms with Gasteiger partial charge in [0.25, 0.3) is 0 Å². The van der Waals surface area contributed by atoms with Crippen LogP contribution < -0.4 is 10.0 Å². The van der Waals surface area contributed by atoms with Gasteiger partial charge in [0.1, 0.15) is 16.8 Å². The summed E-state index contributed by atoms with van der Waals surface area (Å²) in [4.78, 5) is 23.0. The molecule has 1 aliphatic carbocycles. The summed E-state index contributed by atoms with van der Waals surface area (Å²) in [5, 5.41) is 22.3. The van der Waals surface area contributed by atoms with Crippen molar-refractivity contribution in [1.82, 2.24) is 0 Å². The molecule has 1 amide bonds. The van der Waals surface area contributed by atoms with Crippen LogP contribution >= 0.6 is 34.8 Å². The second-order valence-electron chi connectivity index (χ2n) is 5.04. The molecule has 1 aliphatic rings. The highest BCUT2D eigenvalue weighted by atomic mass is 35.5. The third kappa shape index (κ3) is 3.24. The maximum Gasteiger partial charge on any atom is 0.314 e. The van der Waals surface area contributed by atoms with E-state index in [-0.39, 0.29) is 20.8 Å². The number of carboxylic acid groups (broad SMARTS) is 1. The van der Waals surface area contributed by atoms with E-state index >= 15 is 0 Å². The lowest BCUT2D eigenvalue weighted by Gasteiger charge is -2.36. The van der Waals surface area contributed by atoms with Crippen LogP contribution in [0.2, 0.25) is 15.1 Å². The average molecular weight is 367 g/mol. The molecule has 1 aromatic rings. The van der Waals surface area contributed by atoms with Crippen LogP contribution in [0.4, 0.5) is 16.2 Å². The second kappa shape index (κ2) is 6.89. The fourth-order valence-electron chi connectivity index (χ4n) is 2.73. The zero-order valence-corrected chi connectivity index (χ0v) is 13.6. The molecule has 1 fully saturated rings. The molecule has 0 aromatic heterocycles. The highest BCUT2D eigenvalue weighted by Crippen LogP contribution is 2.46. The minimum Gasteiger partial charge on any atom is -0.530 e. The zero-order valence-electron chi connectivity index (χ0n) is 11.4. The maximum atomic E-state index is 11.6. The van der Waals surface area contributed by atoms with Gasteiger partial charge in [0.05, 0.1) is 15.0 Å². The van der Waals surface area contributed by atoms with Crippen molar-refractivity contribution in [2.24, 2.45) is 0 Å². The molecule has 9 heteroatoms. The summed E-state index contributed by atoms with van der Waals surface area (Å²) < 4.78 is 0. The van der Waals surface area contributed by atoms with Gasteiger partial charge >= 0.3 is 5.69 Å². The minimum absolute atomic E-state index is 0.107. The van der Waals surface area contributed by atoms with Crippen molar-refractivity contribution >= 4 is 52.3 Å². The Bertz CT molecular complexity index is 618. The topological polar surface area (TPSA) is 86.5 Å². The summed E-state index contributed by atoms with van der Waals surface area (Å²) >= 11 is 17.7. The van der Waals surface area contributed by atoms with E-state index in [4.69, 9.17) is 34.8 Å². The largest absolute Gasteiger partial charge is 0.530 e. The third-order valence-electron chi connectivity index (χ3n) is 3.68. The van der Waals surface area contributed by atoms with Crippen LogP contribution in [0.3, 0.4) is 0 Å². The van der Waals surface area contributed by atoms with E-state index in [9.17, 15) is 20.0 Å². The lowest BCUT2D eigenvalue weighted by Crippen LogP contribution is -2.48. The summed E-state index contributed by atoms with van der Waals surface area (Å²) in [7, 11) is 0. The molecule has 0 N–H and O–H groups in total. The molecule has 0 spiro atoms. The van der Waals surface area contributed by atoms with Gasteiger partial charge in [-0.25, -0.2) is 0 Å². The molecule has 120 valence electrons. The molecule has 1 saturated carbocycles. The Kier molecular flexibility index (Phi) is 5.36. The monoisotopic (exact) mass is 365 g/mol. The minimum atomic E-state index is -1.55. The fraction of sp³-hybridized carbons (Fsp3) is 0.462. The average Bonchev–Trinajstić information content (AvgIpc) is 2.45. The van der Waals surface area contributed by atoms with Crippen LogP contribution in [0.5, 0.6) is 0 Å². The first kappa shape index (κ1) is 17.1. The lowest BCUT2D eigenvalue weighted by molar-refractivity contribution is -0.384. The van der Waals surface area contributed by atoms with E-state index in [0.717, 1.165) is 24.2 Å². The van der Waals surface area contributed by atoms with Gasteiger partial charge < -0.3 is 14.8 Å². The summed E-state index contributed by atoms with van der Waals surface area (Å²) in [6, 6.07) is 0.777. The first-order valence-corrected chi connectivity index (χ1v) is 7.80. The second-order valence-corrected chi connectivity index (χ2v) is 6.23. The van der Waals surface area contributed by atoms with Crippen LogP contribution in [0.1, 0.15) is 32.1 Å². The Morgan fingerprint density at radius 3 is 2.27 bits per heavy atom. The van der Waals surface area contributed by atoms with Gasteiger partial charge in [-0.05, 0) is 18.9 Å². The van der Waals surface area contributed by atoms with Crippen LogP contribution in [0.25, 0.3) is 0 Å². The molecule has 0 heterocycles. The highest BCUT2D eigenvalue weighted by Gasteiger charge is 2.33. The number of benzene rings is 1. The van der Waals surface area contributed by atoms with Gasteiger partial charge in [-0.2, -0.15) is 0 Å². The Hall–Kier alpha value is -1.24. The molecule has 0 bridgehead atoms. The van der Waals surface area contributed by atoms with Crippen molar-refractivity contribution in [3.8, 4) is 0 Å². The molecule has 0 unspecified atom stereocenters. The van der Waals surface area contributed by atoms with E-state index < -0.39 is 22.7 Å². The Balaban J connectivity index is 2.63. The number of amides is 1.